The van der Waals surface area contributed by atoms with Crippen LogP contribution in [0.5, 0.6) is 0 Å². The average Bonchev–Trinajstić information content (AvgIpc) is 2.74. The van der Waals surface area contributed by atoms with Crippen molar-refractivity contribution in [3.8, 4) is 0 Å². The Hall–Kier alpha value is -3.35. The van der Waals surface area contributed by atoms with Crippen LogP contribution in [0.4, 0.5) is 0 Å². The summed E-state index contributed by atoms with van der Waals surface area (Å²) in [6, 6.07) is 8.85. The van der Waals surface area contributed by atoms with E-state index in [-0.39, 0.29) is 11.8 Å². The Morgan fingerprint density at radius 2 is 1.29 bits per heavy atom. The molecule has 0 radical (unpaired) electrons. The molecule has 0 saturated carbocycles. The number of carbonyl (C=O) groups is 2. The number of pyridine rings is 1. The maximum absolute atomic E-state index is 12.9. The number of hydrogen-bond donors (Lipinski definition) is 0. The van der Waals surface area contributed by atoms with Gasteiger partial charge in [0.2, 0.25) is 0 Å². The van der Waals surface area contributed by atoms with Crippen LogP contribution in [0.2, 0.25) is 0 Å². The van der Waals surface area contributed by atoms with Crippen molar-refractivity contribution in [2.24, 2.45) is 0 Å². The predicted octanol–water partition coefficient (Wildman–Crippen LogP) is 2.24. The monoisotopic (exact) mass is 375 g/mol. The molecule has 2 amide bonds. The quantitative estimate of drug-likeness (QED) is 0.686. The van der Waals surface area contributed by atoms with Gasteiger partial charge in [-0.1, -0.05) is 0 Å². The highest BCUT2D eigenvalue weighted by Crippen LogP contribution is 2.17. The van der Waals surface area contributed by atoms with E-state index in [2.05, 4.69) is 15.0 Å². The second kappa shape index (κ2) is 7.34. The van der Waals surface area contributed by atoms with E-state index in [4.69, 9.17) is 0 Å². The van der Waals surface area contributed by atoms with Gasteiger partial charge < -0.3 is 9.80 Å². The third-order valence-corrected chi connectivity index (χ3v) is 5.10. The molecule has 0 N–H and O–H groups in total. The fourth-order valence-corrected chi connectivity index (χ4v) is 3.34. The van der Waals surface area contributed by atoms with Gasteiger partial charge in [-0.25, -0.2) is 9.97 Å². The van der Waals surface area contributed by atoms with Crippen LogP contribution >= 0.6 is 0 Å². The molecule has 1 aliphatic rings. The zero-order chi connectivity index (χ0) is 19.7. The molecule has 0 spiro atoms. The smallest absolute Gasteiger partial charge is 0.254 e. The van der Waals surface area contributed by atoms with Crippen LogP contribution in [0.25, 0.3) is 11.0 Å². The maximum Gasteiger partial charge on any atom is 0.254 e. The van der Waals surface area contributed by atoms with E-state index in [1.165, 1.54) is 0 Å². The lowest BCUT2D eigenvalue weighted by molar-refractivity contribution is 0.0535. The molecular formula is C21H21N5O2. The molecule has 142 valence electrons. The summed E-state index contributed by atoms with van der Waals surface area (Å²) in [5.74, 6) is -0.0701. The number of nitrogens with zero attached hydrogens (tertiary/aromatic N) is 5. The van der Waals surface area contributed by atoms with Gasteiger partial charge in [-0.05, 0) is 44.2 Å². The van der Waals surface area contributed by atoms with Crippen molar-refractivity contribution in [3.63, 3.8) is 0 Å². The molecule has 2 aromatic heterocycles. The van der Waals surface area contributed by atoms with Crippen LogP contribution in [0.1, 0.15) is 32.1 Å². The van der Waals surface area contributed by atoms with Gasteiger partial charge in [0.25, 0.3) is 11.8 Å². The molecule has 1 fully saturated rings. The van der Waals surface area contributed by atoms with E-state index in [1.807, 2.05) is 19.9 Å². The van der Waals surface area contributed by atoms with E-state index < -0.39 is 0 Å². The number of aryl methyl sites for hydroxylation is 2. The van der Waals surface area contributed by atoms with E-state index in [0.29, 0.717) is 37.3 Å². The molecule has 7 heteroatoms. The first-order chi connectivity index (χ1) is 13.5. The summed E-state index contributed by atoms with van der Waals surface area (Å²) in [7, 11) is 0. The Morgan fingerprint density at radius 1 is 0.750 bits per heavy atom. The lowest BCUT2D eigenvalue weighted by Gasteiger charge is -2.34. The van der Waals surface area contributed by atoms with Gasteiger partial charge in [0.15, 0.2) is 0 Å². The molecule has 3 aromatic rings. The molecule has 28 heavy (non-hydrogen) atoms. The summed E-state index contributed by atoms with van der Waals surface area (Å²) in [6.45, 7) is 5.87. The number of fused-ring (bicyclic) bond motifs is 1. The average molecular weight is 375 g/mol. The standard InChI is InChI=1S/C21H21N5O2/c1-14-15(2)24-19-13-17(3-4-18(19)23-14)21(28)26-11-9-25(10-12-26)20(27)16-5-7-22-8-6-16/h3-8,13H,9-12H2,1-2H3. The minimum Gasteiger partial charge on any atom is -0.335 e. The van der Waals surface area contributed by atoms with Gasteiger partial charge in [0.05, 0.1) is 22.4 Å². The highest BCUT2D eigenvalue weighted by atomic mass is 16.2. The fraction of sp³-hybridized carbons (Fsp3) is 0.286. The number of amides is 2. The van der Waals surface area contributed by atoms with Gasteiger partial charge >= 0.3 is 0 Å². The molecule has 4 rings (SSSR count). The second-order valence-corrected chi connectivity index (χ2v) is 6.92. The van der Waals surface area contributed by atoms with Gasteiger partial charge in [0.1, 0.15) is 0 Å². The molecule has 0 unspecified atom stereocenters. The van der Waals surface area contributed by atoms with Crippen molar-refractivity contribution in [1.29, 1.82) is 0 Å². The number of benzene rings is 1. The molecule has 7 nitrogen and oxygen atoms in total. The SMILES string of the molecule is Cc1nc2ccc(C(=O)N3CCN(C(=O)c4ccncc4)CC3)cc2nc1C. The minimum absolute atomic E-state index is 0.0266. The largest absolute Gasteiger partial charge is 0.335 e. The zero-order valence-electron chi connectivity index (χ0n) is 15.9. The lowest BCUT2D eigenvalue weighted by atomic mass is 10.1. The topological polar surface area (TPSA) is 79.3 Å². The summed E-state index contributed by atoms with van der Waals surface area (Å²) in [6.07, 6.45) is 3.22. The minimum atomic E-state index is -0.0436. The molecule has 1 aliphatic heterocycles. The Balaban J connectivity index is 1.46. The van der Waals surface area contributed by atoms with Crippen LogP contribution in [-0.4, -0.2) is 62.7 Å². The number of aromatic nitrogens is 3. The molecule has 3 heterocycles. The van der Waals surface area contributed by atoms with Crippen molar-refractivity contribution in [1.82, 2.24) is 24.8 Å². The third-order valence-electron chi connectivity index (χ3n) is 5.10. The molecule has 0 bridgehead atoms. The highest BCUT2D eigenvalue weighted by Gasteiger charge is 2.25. The van der Waals surface area contributed by atoms with E-state index in [1.54, 1.807) is 46.5 Å². The summed E-state index contributed by atoms with van der Waals surface area (Å²) >= 11 is 0. The Labute approximate surface area is 163 Å². The lowest BCUT2D eigenvalue weighted by Crippen LogP contribution is -2.50. The number of carbonyl (C=O) groups excluding carboxylic acids is 2. The molecular weight excluding hydrogens is 354 g/mol. The van der Waals surface area contributed by atoms with Crippen LogP contribution < -0.4 is 0 Å². The summed E-state index contributed by atoms with van der Waals surface area (Å²) < 4.78 is 0. The Kier molecular flexibility index (Phi) is 4.73. The maximum atomic E-state index is 12.9. The van der Waals surface area contributed by atoms with E-state index in [0.717, 1.165) is 22.4 Å². The number of piperazine rings is 1. The van der Waals surface area contributed by atoms with Gasteiger partial charge in [0, 0.05) is 49.7 Å². The third kappa shape index (κ3) is 3.43. The zero-order valence-corrected chi connectivity index (χ0v) is 15.9. The molecule has 1 aromatic carbocycles. The first-order valence-corrected chi connectivity index (χ1v) is 9.26. The second-order valence-electron chi connectivity index (χ2n) is 6.92. The van der Waals surface area contributed by atoms with Crippen molar-refractivity contribution in [3.05, 3.63) is 65.2 Å². The summed E-state index contributed by atoms with van der Waals surface area (Å²) in [5.41, 5.74) is 4.47. The van der Waals surface area contributed by atoms with Crippen molar-refractivity contribution in [2.75, 3.05) is 26.2 Å². The summed E-state index contributed by atoms with van der Waals surface area (Å²) in [4.78, 5) is 42.0. The van der Waals surface area contributed by atoms with Gasteiger partial charge in [-0.15, -0.1) is 0 Å². The van der Waals surface area contributed by atoms with E-state index >= 15 is 0 Å². The first kappa shape index (κ1) is 18.0. The molecule has 0 atom stereocenters. The van der Waals surface area contributed by atoms with Crippen molar-refractivity contribution in [2.45, 2.75) is 13.8 Å². The predicted molar refractivity (Wildman–Crippen MR) is 105 cm³/mol. The van der Waals surface area contributed by atoms with Crippen molar-refractivity contribution < 1.29 is 9.59 Å². The summed E-state index contributed by atoms with van der Waals surface area (Å²) in [5, 5.41) is 0. The Bertz CT molecular complexity index is 1040. The molecule has 0 aliphatic carbocycles. The Morgan fingerprint density at radius 3 is 1.89 bits per heavy atom. The number of rotatable bonds is 2. The van der Waals surface area contributed by atoms with Crippen LogP contribution in [0, 0.1) is 13.8 Å². The highest BCUT2D eigenvalue weighted by molar-refractivity contribution is 5.98. The molecule has 1 saturated heterocycles. The van der Waals surface area contributed by atoms with Gasteiger partial charge in [-0.2, -0.15) is 0 Å². The van der Waals surface area contributed by atoms with Crippen molar-refractivity contribution >= 4 is 22.8 Å². The first-order valence-electron chi connectivity index (χ1n) is 9.26. The number of hydrogen-bond acceptors (Lipinski definition) is 5. The van der Waals surface area contributed by atoms with Gasteiger partial charge in [-0.3, -0.25) is 14.6 Å². The normalized spacial score (nSPS) is 14.4. The van der Waals surface area contributed by atoms with Crippen LogP contribution in [0.15, 0.2) is 42.7 Å². The van der Waals surface area contributed by atoms with Crippen LogP contribution in [-0.2, 0) is 0 Å². The van der Waals surface area contributed by atoms with Crippen LogP contribution in [0.3, 0.4) is 0 Å². The van der Waals surface area contributed by atoms with E-state index in [9.17, 15) is 9.59 Å². The fourth-order valence-electron chi connectivity index (χ4n) is 3.34.